The van der Waals surface area contributed by atoms with E-state index in [0.29, 0.717) is 0 Å². The lowest BCUT2D eigenvalue weighted by atomic mass is 10.0. The molecule has 0 aliphatic carbocycles. The predicted molar refractivity (Wildman–Crippen MR) is 72.0 cm³/mol. The second kappa shape index (κ2) is 6.96. The summed E-state index contributed by atoms with van der Waals surface area (Å²) in [6, 6.07) is -2.30. The highest BCUT2D eigenvalue weighted by Gasteiger charge is 2.43. The van der Waals surface area contributed by atoms with E-state index in [1.54, 1.807) is 13.8 Å². The number of methoxy groups -OCH3 is 1. The minimum atomic E-state index is -1.32. The molecule has 3 N–H and O–H groups in total. The summed E-state index contributed by atoms with van der Waals surface area (Å²) in [6.07, 6.45) is -2.14. The molecule has 22 heavy (non-hydrogen) atoms. The minimum absolute atomic E-state index is 0.320. The molecule has 2 atom stereocenters. The summed E-state index contributed by atoms with van der Waals surface area (Å²) in [5, 5.41) is 20.4. The number of alkyl carbamates (subject to hydrolysis) is 1. The van der Waals surface area contributed by atoms with Gasteiger partial charge in [-0.15, -0.1) is 0 Å². The van der Waals surface area contributed by atoms with Gasteiger partial charge >= 0.3 is 18.2 Å². The molecule has 0 saturated carbocycles. The van der Waals surface area contributed by atoms with Gasteiger partial charge in [-0.1, -0.05) is 13.8 Å². The van der Waals surface area contributed by atoms with Crippen LogP contribution in [-0.4, -0.2) is 76.5 Å². The van der Waals surface area contributed by atoms with Crippen LogP contribution in [0, 0.1) is 5.92 Å². The number of hydrogen-bond donors (Lipinski definition) is 3. The van der Waals surface area contributed by atoms with Crippen LogP contribution >= 0.6 is 0 Å². The Kier molecular flexibility index (Phi) is 5.55. The molecule has 0 spiro atoms. The summed E-state index contributed by atoms with van der Waals surface area (Å²) < 4.78 is 4.44. The van der Waals surface area contributed by atoms with Crippen molar-refractivity contribution >= 4 is 24.1 Å². The Balaban J connectivity index is 2.97. The highest BCUT2D eigenvalue weighted by atomic mass is 16.5. The third kappa shape index (κ3) is 3.77. The maximum absolute atomic E-state index is 12.5. The van der Waals surface area contributed by atoms with Crippen molar-refractivity contribution in [1.29, 1.82) is 0 Å². The van der Waals surface area contributed by atoms with Crippen LogP contribution in [0.25, 0.3) is 0 Å². The van der Waals surface area contributed by atoms with Crippen LogP contribution in [-0.2, 0) is 14.3 Å². The first-order valence-electron chi connectivity index (χ1n) is 6.54. The number of hydrogen-bond acceptors (Lipinski definition) is 5. The standard InChI is InChI=1S/C12H19N3O7/c1-6(2)8(13-11(19)22-3)9(16)15-5-14(12(20)21)4-7(15)10(17)18/h6-8H,4-5H2,1-3H3,(H,13,19)(H,17,18)(H,20,21). The van der Waals surface area contributed by atoms with Gasteiger partial charge in [-0.2, -0.15) is 0 Å². The van der Waals surface area contributed by atoms with Crippen LogP contribution in [0.4, 0.5) is 9.59 Å². The van der Waals surface area contributed by atoms with Gasteiger partial charge in [0.05, 0.1) is 13.7 Å². The monoisotopic (exact) mass is 317 g/mol. The van der Waals surface area contributed by atoms with Gasteiger partial charge in [0.15, 0.2) is 0 Å². The van der Waals surface area contributed by atoms with Crippen molar-refractivity contribution in [3.8, 4) is 0 Å². The molecule has 0 radical (unpaired) electrons. The van der Waals surface area contributed by atoms with Crippen LogP contribution in [0.1, 0.15) is 13.8 Å². The highest BCUT2D eigenvalue weighted by molar-refractivity contribution is 5.90. The topological polar surface area (TPSA) is 136 Å². The van der Waals surface area contributed by atoms with Gasteiger partial charge < -0.3 is 25.2 Å². The Hall–Kier alpha value is -2.52. The van der Waals surface area contributed by atoms with Crippen molar-refractivity contribution in [2.75, 3.05) is 20.3 Å². The number of nitrogens with zero attached hydrogens (tertiary/aromatic N) is 2. The fraction of sp³-hybridized carbons (Fsp3) is 0.667. The maximum Gasteiger partial charge on any atom is 0.408 e. The molecular formula is C12H19N3O7. The zero-order valence-corrected chi connectivity index (χ0v) is 12.5. The number of aliphatic carboxylic acids is 1. The van der Waals surface area contributed by atoms with Gasteiger partial charge in [-0.3, -0.25) is 9.69 Å². The van der Waals surface area contributed by atoms with Crippen molar-refractivity contribution < 1.29 is 34.1 Å². The zero-order chi connectivity index (χ0) is 17.0. The molecule has 0 aromatic heterocycles. The molecular weight excluding hydrogens is 298 g/mol. The molecule has 2 unspecified atom stereocenters. The molecule has 124 valence electrons. The van der Waals surface area contributed by atoms with Gasteiger partial charge in [0.2, 0.25) is 5.91 Å². The van der Waals surface area contributed by atoms with Gasteiger partial charge in [0.25, 0.3) is 0 Å². The molecule has 0 aromatic rings. The first-order chi connectivity index (χ1) is 10.2. The number of rotatable bonds is 4. The van der Waals surface area contributed by atoms with Crippen LogP contribution in [0.3, 0.4) is 0 Å². The molecule has 1 saturated heterocycles. The van der Waals surface area contributed by atoms with Gasteiger partial charge in [0.1, 0.15) is 18.8 Å². The molecule has 10 heteroatoms. The van der Waals surface area contributed by atoms with Gasteiger partial charge in [-0.25, -0.2) is 14.4 Å². The van der Waals surface area contributed by atoms with E-state index in [-0.39, 0.29) is 19.1 Å². The summed E-state index contributed by atoms with van der Waals surface area (Å²) in [4.78, 5) is 47.8. The molecule has 0 bridgehead atoms. The second-order valence-corrected chi connectivity index (χ2v) is 5.17. The average Bonchev–Trinajstić information content (AvgIpc) is 2.88. The predicted octanol–water partition coefficient (Wildman–Crippen LogP) is -0.400. The molecule has 1 rings (SSSR count). The zero-order valence-electron chi connectivity index (χ0n) is 12.5. The first kappa shape index (κ1) is 17.5. The van der Waals surface area contributed by atoms with E-state index in [1.165, 1.54) is 0 Å². The van der Waals surface area contributed by atoms with E-state index in [9.17, 15) is 19.2 Å². The quantitative estimate of drug-likeness (QED) is 0.641. The fourth-order valence-corrected chi connectivity index (χ4v) is 2.10. The normalized spacial score (nSPS) is 19.0. The number of nitrogens with one attached hydrogen (secondary N) is 1. The number of carboxylic acids is 1. The maximum atomic E-state index is 12.5. The second-order valence-electron chi connectivity index (χ2n) is 5.17. The number of carbonyl (C=O) groups excluding carboxylic acids is 2. The highest BCUT2D eigenvalue weighted by Crippen LogP contribution is 2.17. The van der Waals surface area contributed by atoms with Crippen LogP contribution in [0.15, 0.2) is 0 Å². The summed E-state index contributed by atoms with van der Waals surface area (Å²) in [5.74, 6) is -2.31. The van der Waals surface area contributed by atoms with E-state index in [1.807, 2.05) is 0 Å². The van der Waals surface area contributed by atoms with Crippen molar-refractivity contribution in [2.24, 2.45) is 5.92 Å². The summed E-state index contributed by atoms with van der Waals surface area (Å²) in [5.41, 5.74) is 0. The van der Waals surface area contributed by atoms with Gasteiger partial charge in [0, 0.05) is 0 Å². The third-order valence-corrected chi connectivity index (χ3v) is 3.32. The van der Waals surface area contributed by atoms with E-state index in [2.05, 4.69) is 10.1 Å². The smallest absolute Gasteiger partial charge is 0.408 e. The Morgan fingerprint density at radius 1 is 1.23 bits per heavy atom. The molecule has 1 heterocycles. The summed E-state index contributed by atoms with van der Waals surface area (Å²) in [7, 11) is 1.14. The number of carbonyl (C=O) groups is 4. The van der Waals surface area contributed by atoms with E-state index >= 15 is 0 Å². The van der Waals surface area contributed by atoms with E-state index < -0.39 is 36.1 Å². The van der Waals surface area contributed by atoms with Crippen molar-refractivity contribution in [2.45, 2.75) is 25.9 Å². The Bertz CT molecular complexity index is 479. The SMILES string of the molecule is COC(=O)NC(C(=O)N1CN(C(=O)O)CC1C(=O)O)C(C)C. The average molecular weight is 317 g/mol. The lowest BCUT2D eigenvalue weighted by Crippen LogP contribution is -2.54. The number of ether oxygens (including phenoxy) is 1. The van der Waals surface area contributed by atoms with E-state index in [4.69, 9.17) is 10.2 Å². The lowest BCUT2D eigenvalue weighted by molar-refractivity contribution is -0.149. The molecule has 1 fully saturated rings. The number of carboxylic acid groups (broad SMARTS) is 2. The number of amides is 3. The molecule has 3 amide bonds. The fourth-order valence-electron chi connectivity index (χ4n) is 2.10. The third-order valence-electron chi connectivity index (χ3n) is 3.32. The van der Waals surface area contributed by atoms with Crippen molar-refractivity contribution in [3.05, 3.63) is 0 Å². The van der Waals surface area contributed by atoms with Gasteiger partial charge in [-0.05, 0) is 5.92 Å². The molecule has 10 nitrogen and oxygen atoms in total. The van der Waals surface area contributed by atoms with Crippen LogP contribution < -0.4 is 5.32 Å². The van der Waals surface area contributed by atoms with E-state index in [0.717, 1.165) is 16.9 Å². The molecule has 1 aliphatic heterocycles. The van der Waals surface area contributed by atoms with Crippen molar-refractivity contribution in [3.63, 3.8) is 0 Å². The molecule has 0 aromatic carbocycles. The lowest BCUT2D eigenvalue weighted by Gasteiger charge is -2.28. The van der Waals surface area contributed by atoms with Crippen LogP contribution in [0.5, 0.6) is 0 Å². The largest absolute Gasteiger partial charge is 0.480 e. The van der Waals surface area contributed by atoms with Crippen LogP contribution in [0.2, 0.25) is 0 Å². The minimum Gasteiger partial charge on any atom is -0.480 e. The summed E-state index contributed by atoms with van der Waals surface area (Å²) >= 11 is 0. The Morgan fingerprint density at radius 3 is 2.23 bits per heavy atom. The first-order valence-corrected chi connectivity index (χ1v) is 6.54. The summed E-state index contributed by atoms with van der Waals surface area (Å²) in [6.45, 7) is 2.65. The van der Waals surface area contributed by atoms with Crippen molar-refractivity contribution in [1.82, 2.24) is 15.1 Å². The Morgan fingerprint density at radius 2 is 1.82 bits per heavy atom. The molecule has 1 aliphatic rings. The Labute approximate surface area is 126 Å².